The third kappa shape index (κ3) is 2.54. The van der Waals surface area contributed by atoms with Gasteiger partial charge in [-0.15, -0.1) is 0 Å². The van der Waals surface area contributed by atoms with Crippen molar-refractivity contribution < 1.29 is 9.32 Å². The number of carbonyl (C=O) groups is 1. The standard InChI is InChI=1S/C15H13N3O2/c16-10-11-1-3-13(4-2-11)18(14-5-6-14)15(19)9-12-7-8-20-17-12/h1-4,7-8,14H,5-6,9H2. The van der Waals surface area contributed by atoms with Crippen LogP contribution in [-0.2, 0) is 11.2 Å². The van der Waals surface area contributed by atoms with Crippen molar-refractivity contribution in [3.63, 3.8) is 0 Å². The van der Waals surface area contributed by atoms with E-state index in [1.807, 2.05) is 12.1 Å². The molecule has 5 nitrogen and oxygen atoms in total. The smallest absolute Gasteiger partial charge is 0.233 e. The molecule has 0 aliphatic heterocycles. The minimum atomic E-state index is 0.00566. The van der Waals surface area contributed by atoms with E-state index in [1.54, 1.807) is 23.1 Å². The molecular formula is C15H13N3O2. The Labute approximate surface area is 116 Å². The van der Waals surface area contributed by atoms with E-state index < -0.39 is 0 Å². The molecule has 5 heteroatoms. The highest BCUT2D eigenvalue weighted by atomic mass is 16.5. The number of nitriles is 1. The molecule has 1 heterocycles. The molecule has 1 aliphatic carbocycles. The molecule has 20 heavy (non-hydrogen) atoms. The van der Waals surface area contributed by atoms with Crippen molar-refractivity contribution in [3.8, 4) is 6.07 Å². The molecule has 100 valence electrons. The van der Waals surface area contributed by atoms with E-state index in [0.29, 0.717) is 11.3 Å². The van der Waals surface area contributed by atoms with Crippen LogP contribution < -0.4 is 4.90 Å². The van der Waals surface area contributed by atoms with E-state index in [9.17, 15) is 4.79 Å². The molecule has 2 aromatic rings. The van der Waals surface area contributed by atoms with E-state index in [4.69, 9.17) is 9.78 Å². The van der Waals surface area contributed by atoms with Gasteiger partial charge in [0.25, 0.3) is 0 Å². The van der Waals surface area contributed by atoms with Crippen LogP contribution in [0.1, 0.15) is 24.1 Å². The lowest BCUT2D eigenvalue weighted by Gasteiger charge is -2.22. The normalized spacial score (nSPS) is 13.8. The highest BCUT2D eigenvalue weighted by Crippen LogP contribution is 2.32. The van der Waals surface area contributed by atoms with E-state index in [0.717, 1.165) is 18.5 Å². The van der Waals surface area contributed by atoms with E-state index in [-0.39, 0.29) is 18.4 Å². The number of carbonyl (C=O) groups excluding carboxylic acids is 1. The van der Waals surface area contributed by atoms with Gasteiger partial charge in [0.05, 0.1) is 23.7 Å². The fourth-order valence-corrected chi connectivity index (χ4v) is 2.16. The van der Waals surface area contributed by atoms with Gasteiger partial charge in [0, 0.05) is 17.8 Å². The van der Waals surface area contributed by atoms with Crippen molar-refractivity contribution in [1.29, 1.82) is 5.26 Å². The third-order valence-corrected chi connectivity index (χ3v) is 3.28. The number of benzene rings is 1. The molecule has 3 rings (SSSR count). The zero-order valence-electron chi connectivity index (χ0n) is 10.8. The number of rotatable bonds is 4. The summed E-state index contributed by atoms with van der Waals surface area (Å²) in [6.07, 6.45) is 3.73. The van der Waals surface area contributed by atoms with E-state index in [2.05, 4.69) is 11.2 Å². The molecule has 0 spiro atoms. The SMILES string of the molecule is N#Cc1ccc(N(C(=O)Cc2ccon2)C2CC2)cc1. The molecule has 0 N–H and O–H groups in total. The zero-order valence-corrected chi connectivity index (χ0v) is 10.8. The van der Waals surface area contributed by atoms with Gasteiger partial charge in [-0.05, 0) is 37.1 Å². The molecule has 1 aromatic carbocycles. The summed E-state index contributed by atoms with van der Waals surface area (Å²) in [6.45, 7) is 0. The number of amides is 1. The Balaban J connectivity index is 1.81. The van der Waals surface area contributed by atoms with Gasteiger partial charge in [-0.2, -0.15) is 5.26 Å². The topological polar surface area (TPSA) is 70.1 Å². The molecular weight excluding hydrogens is 254 g/mol. The van der Waals surface area contributed by atoms with Crippen LogP contribution in [0.4, 0.5) is 5.69 Å². The van der Waals surface area contributed by atoms with Gasteiger partial charge in [-0.25, -0.2) is 0 Å². The second-order valence-electron chi connectivity index (χ2n) is 4.82. The van der Waals surface area contributed by atoms with Gasteiger partial charge < -0.3 is 9.42 Å². The van der Waals surface area contributed by atoms with Crippen molar-refractivity contribution in [2.24, 2.45) is 0 Å². The number of anilines is 1. The lowest BCUT2D eigenvalue weighted by molar-refractivity contribution is -0.118. The first-order valence-electron chi connectivity index (χ1n) is 6.49. The van der Waals surface area contributed by atoms with Crippen LogP contribution in [0.3, 0.4) is 0 Å². The number of hydrogen-bond acceptors (Lipinski definition) is 4. The van der Waals surface area contributed by atoms with Crippen LogP contribution in [0, 0.1) is 11.3 Å². The Kier molecular flexibility index (Phi) is 3.21. The van der Waals surface area contributed by atoms with E-state index >= 15 is 0 Å². The largest absolute Gasteiger partial charge is 0.364 e. The van der Waals surface area contributed by atoms with Gasteiger partial charge in [0.15, 0.2) is 0 Å². The van der Waals surface area contributed by atoms with Crippen LogP contribution in [0.5, 0.6) is 0 Å². The molecule has 1 amide bonds. The Hall–Kier alpha value is -2.61. The van der Waals surface area contributed by atoms with Gasteiger partial charge >= 0.3 is 0 Å². The monoisotopic (exact) mass is 267 g/mol. The van der Waals surface area contributed by atoms with E-state index in [1.165, 1.54) is 6.26 Å². The maximum Gasteiger partial charge on any atom is 0.233 e. The summed E-state index contributed by atoms with van der Waals surface area (Å²) in [7, 11) is 0. The molecule has 1 aromatic heterocycles. The molecule has 1 aliphatic rings. The predicted octanol–water partition coefficient (Wildman–Crippen LogP) is 2.28. The molecule has 0 unspecified atom stereocenters. The second kappa shape index (κ2) is 5.17. The summed E-state index contributed by atoms with van der Waals surface area (Å²) in [5.41, 5.74) is 2.06. The highest BCUT2D eigenvalue weighted by molar-refractivity contribution is 5.95. The van der Waals surface area contributed by atoms with Gasteiger partial charge in [0.1, 0.15) is 6.26 Å². The van der Waals surface area contributed by atoms with Gasteiger partial charge in [0.2, 0.25) is 5.91 Å². The first-order valence-corrected chi connectivity index (χ1v) is 6.49. The minimum Gasteiger partial charge on any atom is -0.364 e. The first-order chi connectivity index (χ1) is 9.78. The number of nitrogens with zero attached hydrogens (tertiary/aromatic N) is 3. The van der Waals surface area contributed by atoms with Crippen LogP contribution in [0.25, 0.3) is 0 Å². The van der Waals surface area contributed by atoms with Crippen molar-refractivity contribution in [3.05, 3.63) is 47.9 Å². The fourth-order valence-electron chi connectivity index (χ4n) is 2.16. The van der Waals surface area contributed by atoms with Crippen LogP contribution in [0.15, 0.2) is 41.1 Å². The Morgan fingerprint density at radius 2 is 2.10 bits per heavy atom. The lowest BCUT2D eigenvalue weighted by atomic mass is 10.2. The van der Waals surface area contributed by atoms with Gasteiger partial charge in [-0.1, -0.05) is 5.16 Å². The second-order valence-corrected chi connectivity index (χ2v) is 4.82. The highest BCUT2D eigenvalue weighted by Gasteiger charge is 2.33. The van der Waals surface area contributed by atoms with Crippen molar-refractivity contribution in [1.82, 2.24) is 5.16 Å². The molecule has 0 radical (unpaired) electrons. The fraction of sp³-hybridized carbons (Fsp3) is 0.267. The van der Waals surface area contributed by atoms with Crippen molar-refractivity contribution >= 4 is 11.6 Å². The molecule has 0 bridgehead atoms. The quantitative estimate of drug-likeness (QED) is 0.852. The van der Waals surface area contributed by atoms with Crippen molar-refractivity contribution in [2.45, 2.75) is 25.3 Å². The summed E-state index contributed by atoms with van der Waals surface area (Å²) in [5, 5.41) is 12.6. The van der Waals surface area contributed by atoms with Crippen LogP contribution in [0.2, 0.25) is 0 Å². The van der Waals surface area contributed by atoms with Crippen LogP contribution >= 0.6 is 0 Å². The average Bonchev–Trinajstić information content (AvgIpc) is 3.16. The zero-order chi connectivity index (χ0) is 13.9. The lowest BCUT2D eigenvalue weighted by Crippen LogP contribution is -2.34. The molecule has 1 saturated carbocycles. The minimum absolute atomic E-state index is 0.00566. The maximum absolute atomic E-state index is 12.4. The third-order valence-electron chi connectivity index (χ3n) is 3.28. The average molecular weight is 267 g/mol. The predicted molar refractivity (Wildman–Crippen MR) is 71.9 cm³/mol. The van der Waals surface area contributed by atoms with Crippen molar-refractivity contribution in [2.75, 3.05) is 4.90 Å². The molecule has 0 saturated heterocycles. The summed E-state index contributed by atoms with van der Waals surface area (Å²) < 4.78 is 4.75. The Morgan fingerprint density at radius 3 is 2.65 bits per heavy atom. The van der Waals surface area contributed by atoms with Crippen LogP contribution in [-0.4, -0.2) is 17.1 Å². The summed E-state index contributed by atoms with van der Waals surface area (Å²) >= 11 is 0. The first kappa shape index (κ1) is 12.4. The molecule has 1 fully saturated rings. The maximum atomic E-state index is 12.4. The number of hydrogen-bond donors (Lipinski definition) is 0. The Morgan fingerprint density at radius 1 is 1.35 bits per heavy atom. The number of aromatic nitrogens is 1. The summed E-state index contributed by atoms with van der Waals surface area (Å²) in [5.74, 6) is 0.00566. The summed E-state index contributed by atoms with van der Waals surface area (Å²) in [6, 6.07) is 11.1. The summed E-state index contributed by atoms with van der Waals surface area (Å²) in [4.78, 5) is 14.2. The Bertz CT molecular complexity index is 637. The molecule has 0 atom stereocenters. The van der Waals surface area contributed by atoms with Gasteiger partial charge in [-0.3, -0.25) is 4.79 Å².